The van der Waals surface area contributed by atoms with Gasteiger partial charge in [-0.15, -0.1) is 0 Å². The number of aromatic nitrogens is 1. The van der Waals surface area contributed by atoms with Crippen LogP contribution in [0.15, 0.2) is 54.6 Å². The zero-order valence-electron chi connectivity index (χ0n) is 9.85. The minimum Gasteiger partial charge on any atom is -0.354 e. The molecule has 86 valence electrons. The molecule has 0 saturated carbocycles. The highest BCUT2D eigenvalue weighted by molar-refractivity contribution is 5.91. The predicted molar refractivity (Wildman–Crippen MR) is 73.1 cm³/mol. The van der Waals surface area contributed by atoms with Gasteiger partial charge in [0.25, 0.3) is 0 Å². The van der Waals surface area contributed by atoms with Crippen LogP contribution >= 0.6 is 0 Å². The van der Waals surface area contributed by atoms with E-state index in [9.17, 15) is 0 Å². The molecule has 0 fully saturated rings. The Bertz CT molecular complexity index is 718. The van der Waals surface area contributed by atoms with Gasteiger partial charge in [-0.25, -0.2) is 0 Å². The lowest BCUT2D eigenvalue weighted by Gasteiger charge is -2.00. The van der Waals surface area contributed by atoms with Crippen LogP contribution in [0.3, 0.4) is 0 Å². The monoisotopic (exact) mass is 232 g/mol. The fourth-order valence-electron chi connectivity index (χ4n) is 2.31. The molecular formula is C16H12N2. The standard InChI is InChI=1S/C16H12N2/c17-11-10-14-13-8-4-5-9-15(13)18-16(14)12-6-2-1-3-7-12/h1-9,18H,10H2. The number of aromatic amines is 1. The number of nitrogens with one attached hydrogen (secondary N) is 1. The molecule has 0 unspecified atom stereocenters. The van der Waals surface area contributed by atoms with Crippen LogP contribution in [0.5, 0.6) is 0 Å². The summed E-state index contributed by atoms with van der Waals surface area (Å²) in [4.78, 5) is 3.41. The van der Waals surface area contributed by atoms with Crippen molar-refractivity contribution in [3.8, 4) is 17.3 Å². The Balaban J connectivity index is 2.29. The van der Waals surface area contributed by atoms with Crippen molar-refractivity contribution < 1.29 is 0 Å². The molecule has 3 aromatic rings. The number of para-hydroxylation sites is 1. The van der Waals surface area contributed by atoms with Crippen molar-refractivity contribution in [2.75, 3.05) is 0 Å². The van der Waals surface area contributed by atoms with Crippen molar-refractivity contribution in [3.05, 3.63) is 60.2 Å². The van der Waals surface area contributed by atoms with Crippen LogP contribution in [0, 0.1) is 11.3 Å². The quantitative estimate of drug-likeness (QED) is 0.715. The zero-order valence-corrected chi connectivity index (χ0v) is 9.85. The van der Waals surface area contributed by atoms with Gasteiger partial charge in [0.15, 0.2) is 0 Å². The number of rotatable bonds is 2. The largest absolute Gasteiger partial charge is 0.354 e. The van der Waals surface area contributed by atoms with E-state index in [4.69, 9.17) is 5.26 Å². The van der Waals surface area contributed by atoms with E-state index in [1.54, 1.807) is 0 Å². The summed E-state index contributed by atoms with van der Waals surface area (Å²) in [5, 5.41) is 10.1. The molecule has 0 bridgehead atoms. The van der Waals surface area contributed by atoms with Crippen molar-refractivity contribution in [2.24, 2.45) is 0 Å². The number of hydrogen-bond acceptors (Lipinski definition) is 1. The van der Waals surface area contributed by atoms with Crippen molar-refractivity contribution in [2.45, 2.75) is 6.42 Å². The number of H-pyrrole nitrogens is 1. The maximum atomic E-state index is 9.00. The highest BCUT2D eigenvalue weighted by Crippen LogP contribution is 2.30. The lowest BCUT2D eigenvalue weighted by atomic mass is 10.0. The van der Waals surface area contributed by atoms with Crippen molar-refractivity contribution in [1.29, 1.82) is 5.26 Å². The van der Waals surface area contributed by atoms with Gasteiger partial charge in [0.1, 0.15) is 0 Å². The van der Waals surface area contributed by atoms with Gasteiger partial charge in [-0.3, -0.25) is 0 Å². The third-order valence-electron chi connectivity index (χ3n) is 3.13. The van der Waals surface area contributed by atoms with Gasteiger partial charge in [0.05, 0.1) is 18.2 Å². The molecule has 3 rings (SSSR count). The highest BCUT2D eigenvalue weighted by Gasteiger charge is 2.11. The number of nitrogens with zero attached hydrogens (tertiary/aromatic N) is 1. The summed E-state index contributed by atoms with van der Waals surface area (Å²) >= 11 is 0. The van der Waals surface area contributed by atoms with E-state index in [1.165, 1.54) is 0 Å². The van der Waals surface area contributed by atoms with Crippen LogP contribution in [-0.4, -0.2) is 4.98 Å². The van der Waals surface area contributed by atoms with E-state index in [-0.39, 0.29) is 0 Å². The molecule has 1 heterocycles. The Morgan fingerprint density at radius 1 is 0.944 bits per heavy atom. The molecule has 1 N–H and O–H groups in total. The maximum absolute atomic E-state index is 9.00. The van der Waals surface area contributed by atoms with Crippen LogP contribution in [0.4, 0.5) is 0 Å². The molecule has 0 saturated heterocycles. The molecule has 1 aromatic heterocycles. The minimum absolute atomic E-state index is 0.425. The average molecular weight is 232 g/mol. The molecule has 2 aromatic carbocycles. The molecule has 2 heteroatoms. The molecular weight excluding hydrogens is 220 g/mol. The summed E-state index contributed by atoms with van der Waals surface area (Å²) < 4.78 is 0. The van der Waals surface area contributed by atoms with E-state index >= 15 is 0 Å². The normalized spacial score (nSPS) is 10.4. The van der Waals surface area contributed by atoms with Gasteiger partial charge >= 0.3 is 0 Å². The lowest BCUT2D eigenvalue weighted by Crippen LogP contribution is -1.85. The Kier molecular flexibility index (Phi) is 2.59. The maximum Gasteiger partial charge on any atom is 0.0670 e. The Morgan fingerprint density at radius 2 is 1.67 bits per heavy atom. The fraction of sp³-hybridized carbons (Fsp3) is 0.0625. The summed E-state index contributed by atoms with van der Waals surface area (Å²) in [5.41, 5.74) is 4.35. The van der Waals surface area contributed by atoms with E-state index < -0.39 is 0 Å². The molecule has 0 aliphatic carbocycles. The number of fused-ring (bicyclic) bond motifs is 1. The van der Waals surface area contributed by atoms with Gasteiger partial charge in [-0.1, -0.05) is 48.5 Å². The van der Waals surface area contributed by atoms with Crippen LogP contribution in [0.1, 0.15) is 5.56 Å². The smallest absolute Gasteiger partial charge is 0.0670 e. The summed E-state index contributed by atoms with van der Waals surface area (Å²) in [6.45, 7) is 0. The van der Waals surface area contributed by atoms with E-state index in [0.717, 1.165) is 27.7 Å². The van der Waals surface area contributed by atoms with Crippen LogP contribution in [0.25, 0.3) is 22.2 Å². The summed E-state index contributed by atoms with van der Waals surface area (Å²) in [6.07, 6.45) is 0.425. The van der Waals surface area contributed by atoms with Gasteiger partial charge < -0.3 is 4.98 Å². The zero-order chi connectivity index (χ0) is 12.4. The second-order valence-electron chi connectivity index (χ2n) is 4.23. The van der Waals surface area contributed by atoms with E-state index in [0.29, 0.717) is 6.42 Å². The molecule has 0 aliphatic heterocycles. The Hall–Kier alpha value is -2.53. The Labute approximate surface area is 106 Å². The van der Waals surface area contributed by atoms with Crippen LogP contribution < -0.4 is 0 Å². The predicted octanol–water partition coefficient (Wildman–Crippen LogP) is 3.90. The van der Waals surface area contributed by atoms with Crippen molar-refractivity contribution in [1.82, 2.24) is 4.98 Å². The first kappa shape index (κ1) is 10.6. The average Bonchev–Trinajstić information content (AvgIpc) is 2.80. The molecule has 0 atom stereocenters. The summed E-state index contributed by atoms with van der Waals surface area (Å²) in [7, 11) is 0. The van der Waals surface area contributed by atoms with Crippen molar-refractivity contribution in [3.63, 3.8) is 0 Å². The highest BCUT2D eigenvalue weighted by atomic mass is 14.7. The summed E-state index contributed by atoms with van der Waals surface area (Å²) in [5.74, 6) is 0. The van der Waals surface area contributed by atoms with Gasteiger partial charge in [0.2, 0.25) is 0 Å². The molecule has 0 spiro atoms. The molecule has 18 heavy (non-hydrogen) atoms. The van der Waals surface area contributed by atoms with Gasteiger partial charge in [-0.05, 0) is 17.2 Å². The van der Waals surface area contributed by atoms with Crippen LogP contribution in [0.2, 0.25) is 0 Å². The van der Waals surface area contributed by atoms with E-state index in [2.05, 4.69) is 29.3 Å². The van der Waals surface area contributed by atoms with Crippen LogP contribution in [-0.2, 0) is 6.42 Å². The number of hydrogen-bond donors (Lipinski definition) is 1. The minimum atomic E-state index is 0.425. The summed E-state index contributed by atoms with van der Waals surface area (Å²) in [6, 6.07) is 20.5. The third kappa shape index (κ3) is 1.66. The molecule has 0 amide bonds. The SMILES string of the molecule is N#CCc1c(-c2ccccc2)[nH]c2ccccc12. The third-order valence-corrected chi connectivity index (χ3v) is 3.13. The topological polar surface area (TPSA) is 39.6 Å². The number of nitriles is 1. The van der Waals surface area contributed by atoms with Crippen molar-refractivity contribution >= 4 is 10.9 Å². The molecule has 2 nitrogen and oxygen atoms in total. The van der Waals surface area contributed by atoms with Gasteiger partial charge in [0, 0.05) is 10.9 Å². The molecule has 0 radical (unpaired) electrons. The Morgan fingerprint density at radius 3 is 2.44 bits per heavy atom. The fourth-order valence-corrected chi connectivity index (χ4v) is 2.31. The first-order chi connectivity index (χ1) is 8.90. The second-order valence-corrected chi connectivity index (χ2v) is 4.23. The second kappa shape index (κ2) is 4.38. The van der Waals surface area contributed by atoms with E-state index in [1.807, 2.05) is 36.4 Å². The first-order valence-electron chi connectivity index (χ1n) is 5.92. The first-order valence-corrected chi connectivity index (χ1v) is 5.92. The lowest BCUT2D eigenvalue weighted by molar-refractivity contribution is 1.28. The van der Waals surface area contributed by atoms with Gasteiger partial charge in [-0.2, -0.15) is 5.26 Å². The molecule has 0 aliphatic rings. The number of benzene rings is 2.